The fourth-order valence-corrected chi connectivity index (χ4v) is 5.23. The predicted molar refractivity (Wildman–Crippen MR) is 121 cm³/mol. The van der Waals surface area contributed by atoms with E-state index in [1.807, 2.05) is 48.0 Å². The third-order valence-corrected chi connectivity index (χ3v) is 6.71. The summed E-state index contributed by atoms with van der Waals surface area (Å²) >= 11 is 0. The summed E-state index contributed by atoms with van der Waals surface area (Å²) in [5, 5.41) is 15.6. The zero-order chi connectivity index (χ0) is 22.6. The lowest BCUT2D eigenvalue weighted by Crippen LogP contribution is -2.56. The van der Waals surface area contributed by atoms with Gasteiger partial charge in [0, 0.05) is 18.1 Å². The molecule has 0 spiro atoms. The number of nitrogens with zero attached hydrogens (tertiary/aromatic N) is 5. The van der Waals surface area contributed by atoms with Crippen molar-refractivity contribution in [3.8, 4) is 5.75 Å². The van der Waals surface area contributed by atoms with E-state index in [0.717, 1.165) is 37.3 Å². The van der Waals surface area contributed by atoms with Gasteiger partial charge in [-0.15, -0.1) is 5.10 Å². The molecule has 2 aromatic heterocycles. The molecule has 1 unspecified atom stereocenters. The Hall–Kier alpha value is -3.20. The van der Waals surface area contributed by atoms with Crippen LogP contribution in [0.1, 0.15) is 61.0 Å². The second-order valence-corrected chi connectivity index (χ2v) is 8.81. The molecule has 174 valence electrons. The molecular formula is C24H30N6O3. The Kier molecular flexibility index (Phi) is 6.39. The molecule has 5 rings (SSSR count). The van der Waals surface area contributed by atoms with Crippen molar-refractivity contribution in [2.75, 3.05) is 6.61 Å². The quantitative estimate of drug-likeness (QED) is 0.563. The van der Waals surface area contributed by atoms with Crippen molar-refractivity contribution in [2.45, 2.75) is 70.2 Å². The van der Waals surface area contributed by atoms with E-state index in [2.05, 4.69) is 25.7 Å². The number of carbonyl (C=O) groups excluding carboxylic acids is 1. The number of rotatable bonds is 8. The lowest BCUT2D eigenvalue weighted by atomic mass is 9.81. The normalized spacial score (nSPS) is 22.8. The van der Waals surface area contributed by atoms with E-state index in [9.17, 15) is 4.79 Å². The number of aromatic nitrogens is 4. The number of tetrazole rings is 1. The van der Waals surface area contributed by atoms with Crippen molar-refractivity contribution in [3.63, 3.8) is 0 Å². The van der Waals surface area contributed by atoms with Crippen molar-refractivity contribution < 1.29 is 13.9 Å². The van der Waals surface area contributed by atoms with Crippen molar-refractivity contribution in [1.82, 2.24) is 30.4 Å². The zero-order valence-electron chi connectivity index (χ0n) is 18.9. The number of piperidine rings is 2. The molecule has 9 nitrogen and oxygen atoms in total. The van der Waals surface area contributed by atoms with Gasteiger partial charge in [0.25, 0.3) is 5.91 Å². The number of ether oxygens (including phenoxy) is 1. The Bertz CT molecular complexity index is 1050. The number of hydrogen-bond acceptors (Lipinski definition) is 7. The molecule has 2 fully saturated rings. The second kappa shape index (κ2) is 9.74. The third-order valence-electron chi connectivity index (χ3n) is 6.71. The summed E-state index contributed by atoms with van der Waals surface area (Å²) in [6.07, 6.45) is 6.99. The maximum Gasteiger partial charge on any atom is 0.255 e. The molecular weight excluding hydrogens is 420 g/mol. The van der Waals surface area contributed by atoms with Gasteiger partial charge in [0.15, 0.2) is 5.82 Å². The van der Waals surface area contributed by atoms with Gasteiger partial charge < -0.3 is 14.5 Å². The van der Waals surface area contributed by atoms with Gasteiger partial charge in [-0.3, -0.25) is 9.69 Å². The van der Waals surface area contributed by atoms with Crippen LogP contribution in [0.15, 0.2) is 47.1 Å². The summed E-state index contributed by atoms with van der Waals surface area (Å²) in [6.45, 7) is 3.69. The number of nitrogens with one attached hydrogen (secondary N) is 1. The molecule has 33 heavy (non-hydrogen) atoms. The molecule has 2 bridgehead atoms. The van der Waals surface area contributed by atoms with Gasteiger partial charge in [0.1, 0.15) is 18.1 Å². The topological polar surface area (TPSA) is 98.3 Å². The molecule has 1 amide bonds. The summed E-state index contributed by atoms with van der Waals surface area (Å²) in [6, 6.07) is 12.2. The van der Waals surface area contributed by atoms with Crippen LogP contribution in [0.5, 0.6) is 5.75 Å². The molecule has 3 aromatic rings. The number of hydrogen-bond donors (Lipinski definition) is 1. The molecule has 1 N–H and O–H groups in total. The fraction of sp³-hybridized carbons (Fsp3) is 0.500. The molecule has 2 aliphatic rings. The maximum atomic E-state index is 13.0. The minimum absolute atomic E-state index is 0.0574. The van der Waals surface area contributed by atoms with Crippen molar-refractivity contribution in [2.24, 2.45) is 0 Å². The average Bonchev–Trinajstić information content (AvgIpc) is 3.47. The van der Waals surface area contributed by atoms with Crippen LogP contribution in [0.3, 0.4) is 0 Å². The molecule has 3 atom stereocenters. The molecule has 1 aromatic carbocycles. The standard InChI is InChI=1S/C24H30N6O3/c1-2-32-22-11-4-3-10-21(22)24(31)25-17-13-18-7-5-8-19(14-17)29(18)16-23-26-27-28-30(23)15-20-9-6-12-33-20/h3-4,6,9-12,17-19H,2,5,7-8,13-16H2,1H3,(H,25,31)/t17?,18-,19+. The van der Waals surface area contributed by atoms with E-state index in [1.54, 1.807) is 6.26 Å². The Labute approximate surface area is 193 Å². The van der Waals surface area contributed by atoms with Crippen molar-refractivity contribution in [1.29, 1.82) is 0 Å². The van der Waals surface area contributed by atoms with Crippen LogP contribution in [0.25, 0.3) is 0 Å². The number of para-hydroxylation sites is 1. The fourth-order valence-electron chi connectivity index (χ4n) is 5.23. The Morgan fingerprint density at radius 1 is 1.15 bits per heavy atom. The van der Waals surface area contributed by atoms with Crippen LogP contribution in [0.4, 0.5) is 0 Å². The molecule has 9 heteroatoms. The van der Waals surface area contributed by atoms with Gasteiger partial charge in [-0.25, -0.2) is 4.68 Å². The zero-order valence-corrected chi connectivity index (χ0v) is 18.9. The van der Waals surface area contributed by atoms with Gasteiger partial charge in [0.2, 0.25) is 0 Å². The van der Waals surface area contributed by atoms with Crippen LogP contribution >= 0.6 is 0 Å². The minimum atomic E-state index is -0.0574. The third kappa shape index (κ3) is 4.78. The van der Waals surface area contributed by atoms with E-state index < -0.39 is 0 Å². The highest BCUT2D eigenvalue weighted by Crippen LogP contribution is 2.35. The van der Waals surface area contributed by atoms with Crippen molar-refractivity contribution >= 4 is 5.91 Å². The first-order valence-electron chi connectivity index (χ1n) is 11.8. The molecule has 2 saturated heterocycles. The highest BCUT2D eigenvalue weighted by Gasteiger charge is 2.39. The van der Waals surface area contributed by atoms with E-state index in [-0.39, 0.29) is 11.9 Å². The lowest BCUT2D eigenvalue weighted by Gasteiger charge is -2.48. The highest BCUT2D eigenvalue weighted by molar-refractivity contribution is 5.97. The SMILES string of the molecule is CCOc1ccccc1C(=O)NC1C[C@H]2CCC[C@@H](C1)N2Cc1nnnn1Cc1ccco1. The summed E-state index contributed by atoms with van der Waals surface area (Å²) in [4.78, 5) is 15.6. The van der Waals surface area contributed by atoms with Gasteiger partial charge in [0.05, 0.1) is 25.0 Å². The second-order valence-electron chi connectivity index (χ2n) is 8.81. The van der Waals surface area contributed by atoms with Crippen LogP contribution in [0, 0.1) is 0 Å². The summed E-state index contributed by atoms with van der Waals surface area (Å²) in [5.74, 6) is 2.26. The van der Waals surface area contributed by atoms with Crippen LogP contribution in [-0.2, 0) is 13.1 Å². The number of amides is 1. The smallest absolute Gasteiger partial charge is 0.255 e. The average molecular weight is 451 g/mol. The molecule has 0 aliphatic carbocycles. The lowest BCUT2D eigenvalue weighted by molar-refractivity contribution is 0.0148. The first-order valence-corrected chi connectivity index (χ1v) is 11.8. The molecule has 0 radical (unpaired) electrons. The minimum Gasteiger partial charge on any atom is -0.493 e. The molecule has 4 heterocycles. The Balaban J connectivity index is 1.25. The van der Waals surface area contributed by atoms with E-state index in [4.69, 9.17) is 9.15 Å². The van der Waals surface area contributed by atoms with Crippen LogP contribution in [0.2, 0.25) is 0 Å². The number of fused-ring (bicyclic) bond motifs is 2. The first-order chi connectivity index (χ1) is 16.2. The summed E-state index contributed by atoms with van der Waals surface area (Å²) in [7, 11) is 0. The number of furan rings is 1. The van der Waals surface area contributed by atoms with E-state index in [0.29, 0.717) is 43.1 Å². The van der Waals surface area contributed by atoms with Gasteiger partial charge in [-0.1, -0.05) is 18.6 Å². The largest absolute Gasteiger partial charge is 0.493 e. The van der Waals surface area contributed by atoms with Gasteiger partial charge in [-0.2, -0.15) is 0 Å². The molecule has 2 aliphatic heterocycles. The maximum absolute atomic E-state index is 13.0. The van der Waals surface area contributed by atoms with Crippen LogP contribution in [-0.4, -0.2) is 55.7 Å². The number of carbonyl (C=O) groups is 1. The Morgan fingerprint density at radius 2 is 1.97 bits per heavy atom. The highest BCUT2D eigenvalue weighted by atomic mass is 16.5. The van der Waals surface area contributed by atoms with Crippen molar-refractivity contribution in [3.05, 3.63) is 59.8 Å². The Morgan fingerprint density at radius 3 is 2.73 bits per heavy atom. The first kappa shape index (κ1) is 21.6. The van der Waals surface area contributed by atoms with Gasteiger partial charge >= 0.3 is 0 Å². The summed E-state index contributed by atoms with van der Waals surface area (Å²) < 4.78 is 12.9. The van der Waals surface area contributed by atoms with E-state index >= 15 is 0 Å². The van der Waals surface area contributed by atoms with E-state index in [1.165, 1.54) is 6.42 Å². The predicted octanol–water partition coefficient (Wildman–Crippen LogP) is 3.03. The van der Waals surface area contributed by atoms with Crippen LogP contribution < -0.4 is 10.1 Å². The van der Waals surface area contributed by atoms with Gasteiger partial charge in [-0.05, 0) is 67.3 Å². The number of benzene rings is 1. The summed E-state index contributed by atoms with van der Waals surface area (Å²) in [5.41, 5.74) is 0.601. The monoisotopic (exact) mass is 450 g/mol. The molecule has 0 saturated carbocycles.